The molecule has 0 unspecified atom stereocenters. The summed E-state index contributed by atoms with van der Waals surface area (Å²) in [5.74, 6) is -0.625. The van der Waals surface area contributed by atoms with E-state index in [9.17, 15) is 14.4 Å². The largest absolute Gasteiger partial charge is 0.375 e. The number of amides is 3. The van der Waals surface area contributed by atoms with Crippen LogP contribution >= 0.6 is 0 Å². The molecule has 1 aromatic heterocycles. The standard InChI is InChI=1S/C24H31N5O4/c1-16-7-4-5-9-19(16)25-23(31)17-8-6-11-29(13-17)24(32)22-18-14-28(21(30)15-33-3)12-10-20(18)27(2)26-22/h4-5,7,9,17H,6,8,10-15H2,1-3H3,(H,25,31)/t17-/m1/s1. The number of nitrogens with zero attached hydrogens (tertiary/aromatic N) is 4. The summed E-state index contributed by atoms with van der Waals surface area (Å²) in [4.78, 5) is 42.1. The van der Waals surface area contributed by atoms with Crippen LogP contribution in [0, 0.1) is 12.8 Å². The van der Waals surface area contributed by atoms with Gasteiger partial charge in [0.05, 0.1) is 5.92 Å². The maximum atomic E-state index is 13.5. The summed E-state index contributed by atoms with van der Waals surface area (Å²) < 4.78 is 6.73. The third kappa shape index (κ3) is 4.78. The van der Waals surface area contributed by atoms with E-state index >= 15 is 0 Å². The van der Waals surface area contributed by atoms with Crippen LogP contribution in [0.1, 0.15) is 40.2 Å². The summed E-state index contributed by atoms with van der Waals surface area (Å²) in [6.07, 6.45) is 2.13. The summed E-state index contributed by atoms with van der Waals surface area (Å²) in [6, 6.07) is 7.67. The summed E-state index contributed by atoms with van der Waals surface area (Å²) >= 11 is 0. The summed E-state index contributed by atoms with van der Waals surface area (Å²) in [5, 5.41) is 7.52. The molecule has 1 fully saturated rings. The number of rotatable bonds is 5. The maximum absolute atomic E-state index is 13.5. The van der Waals surface area contributed by atoms with Gasteiger partial charge in [-0.05, 0) is 31.4 Å². The molecule has 2 aromatic rings. The molecule has 4 rings (SSSR count). The second kappa shape index (κ2) is 9.74. The van der Waals surface area contributed by atoms with Gasteiger partial charge in [-0.2, -0.15) is 5.10 Å². The highest BCUT2D eigenvalue weighted by atomic mass is 16.5. The van der Waals surface area contributed by atoms with Crippen molar-refractivity contribution in [1.29, 1.82) is 0 Å². The second-order valence-corrected chi connectivity index (χ2v) is 8.79. The van der Waals surface area contributed by atoms with Crippen molar-refractivity contribution in [2.75, 3.05) is 38.7 Å². The summed E-state index contributed by atoms with van der Waals surface area (Å²) in [5.41, 5.74) is 3.95. The Balaban J connectivity index is 1.48. The van der Waals surface area contributed by atoms with Gasteiger partial charge in [-0.1, -0.05) is 18.2 Å². The molecule has 3 amide bonds. The predicted octanol–water partition coefficient (Wildman–Crippen LogP) is 1.75. The van der Waals surface area contributed by atoms with Crippen molar-refractivity contribution in [3.63, 3.8) is 0 Å². The van der Waals surface area contributed by atoms with Crippen LogP contribution in [0.4, 0.5) is 5.69 Å². The topological polar surface area (TPSA) is 96.8 Å². The summed E-state index contributed by atoms with van der Waals surface area (Å²) in [6.45, 7) is 3.84. The minimum Gasteiger partial charge on any atom is -0.375 e. The number of anilines is 1. The fourth-order valence-electron chi connectivity index (χ4n) is 4.67. The Morgan fingerprint density at radius 3 is 2.73 bits per heavy atom. The highest BCUT2D eigenvalue weighted by molar-refractivity contribution is 5.96. The van der Waals surface area contributed by atoms with Gasteiger partial charge in [-0.3, -0.25) is 19.1 Å². The number of likely N-dealkylation sites (tertiary alicyclic amines) is 1. The average Bonchev–Trinajstić information content (AvgIpc) is 3.16. The van der Waals surface area contributed by atoms with Crippen LogP contribution in [0.3, 0.4) is 0 Å². The van der Waals surface area contributed by atoms with E-state index in [0.717, 1.165) is 35.3 Å². The van der Waals surface area contributed by atoms with Gasteiger partial charge in [-0.25, -0.2) is 0 Å². The Labute approximate surface area is 193 Å². The zero-order valence-corrected chi connectivity index (χ0v) is 19.5. The number of para-hydroxylation sites is 1. The normalized spacial score (nSPS) is 18.1. The number of benzene rings is 1. The second-order valence-electron chi connectivity index (χ2n) is 8.79. The van der Waals surface area contributed by atoms with Gasteiger partial charge >= 0.3 is 0 Å². The van der Waals surface area contributed by atoms with E-state index in [-0.39, 0.29) is 30.2 Å². The molecule has 0 radical (unpaired) electrons. The first-order valence-electron chi connectivity index (χ1n) is 11.4. The Bertz CT molecular complexity index is 1060. The lowest BCUT2D eigenvalue weighted by Crippen LogP contribution is -2.44. The highest BCUT2D eigenvalue weighted by Crippen LogP contribution is 2.26. The van der Waals surface area contributed by atoms with Crippen molar-refractivity contribution in [1.82, 2.24) is 19.6 Å². The zero-order valence-electron chi connectivity index (χ0n) is 19.5. The molecule has 1 saturated heterocycles. The number of carbonyl (C=O) groups excluding carboxylic acids is 3. The molecule has 33 heavy (non-hydrogen) atoms. The Hall–Kier alpha value is -3.20. The van der Waals surface area contributed by atoms with Crippen LogP contribution in [0.25, 0.3) is 0 Å². The van der Waals surface area contributed by atoms with Crippen molar-refractivity contribution in [2.45, 2.75) is 32.7 Å². The number of nitrogens with one attached hydrogen (secondary N) is 1. The first kappa shape index (κ1) is 23.0. The number of fused-ring (bicyclic) bond motifs is 1. The van der Waals surface area contributed by atoms with Crippen LogP contribution in [-0.2, 0) is 34.3 Å². The molecule has 176 valence electrons. The molecule has 0 aliphatic carbocycles. The molecule has 3 heterocycles. The quantitative estimate of drug-likeness (QED) is 0.744. The number of aromatic nitrogens is 2. The van der Waals surface area contributed by atoms with Crippen molar-refractivity contribution >= 4 is 23.4 Å². The smallest absolute Gasteiger partial charge is 0.274 e. The molecule has 1 N–H and O–H groups in total. The fraction of sp³-hybridized carbons (Fsp3) is 0.500. The predicted molar refractivity (Wildman–Crippen MR) is 123 cm³/mol. The molecule has 1 atom stereocenters. The van der Waals surface area contributed by atoms with Crippen LogP contribution in [-0.4, -0.2) is 70.7 Å². The molecular formula is C24H31N5O4. The van der Waals surface area contributed by atoms with E-state index in [0.29, 0.717) is 38.3 Å². The third-order valence-electron chi connectivity index (χ3n) is 6.55. The number of hydrogen-bond donors (Lipinski definition) is 1. The molecule has 0 spiro atoms. The first-order valence-corrected chi connectivity index (χ1v) is 11.4. The van der Waals surface area contributed by atoms with E-state index in [2.05, 4.69) is 10.4 Å². The van der Waals surface area contributed by atoms with Crippen LogP contribution < -0.4 is 5.32 Å². The average molecular weight is 454 g/mol. The van der Waals surface area contributed by atoms with E-state index < -0.39 is 0 Å². The van der Waals surface area contributed by atoms with Gasteiger partial charge in [0.15, 0.2) is 5.69 Å². The Morgan fingerprint density at radius 2 is 1.97 bits per heavy atom. The first-order chi connectivity index (χ1) is 15.9. The highest BCUT2D eigenvalue weighted by Gasteiger charge is 2.34. The molecule has 0 bridgehead atoms. The molecule has 2 aliphatic rings. The number of aryl methyl sites for hydroxylation is 2. The van der Waals surface area contributed by atoms with Gasteiger partial charge in [0, 0.05) is 63.7 Å². The van der Waals surface area contributed by atoms with Gasteiger partial charge in [0.2, 0.25) is 11.8 Å². The van der Waals surface area contributed by atoms with Crippen molar-refractivity contribution in [3.8, 4) is 0 Å². The van der Waals surface area contributed by atoms with Crippen molar-refractivity contribution in [2.24, 2.45) is 13.0 Å². The molecule has 9 nitrogen and oxygen atoms in total. The number of piperidine rings is 1. The van der Waals surface area contributed by atoms with E-state index in [1.807, 2.05) is 38.2 Å². The van der Waals surface area contributed by atoms with E-state index in [1.54, 1.807) is 14.5 Å². The van der Waals surface area contributed by atoms with Gasteiger partial charge < -0.3 is 19.9 Å². The van der Waals surface area contributed by atoms with Crippen LogP contribution in [0.15, 0.2) is 24.3 Å². The van der Waals surface area contributed by atoms with Gasteiger partial charge in [-0.15, -0.1) is 0 Å². The molecule has 9 heteroatoms. The minimum atomic E-state index is -0.276. The SMILES string of the molecule is COCC(=O)N1CCc2c(c(C(=O)N3CCC[C@@H](C(=O)Nc4ccccc4C)C3)nn2C)C1. The number of methoxy groups -OCH3 is 1. The number of hydrogen-bond acceptors (Lipinski definition) is 5. The van der Waals surface area contributed by atoms with Crippen LogP contribution in [0.2, 0.25) is 0 Å². The number of carbonyl (C=O) groups is 3. The Kier molecular flexibility index (Phi) is 6.78. The zero-order chi connectivity index (χ0) is 23.5. The lowest BCUT2D eigenvalue weighted by molar-refractivity contribution is -0.136. The van der Waals surface area contributed by atoms with Gasteiger partial charge in [0.1, 0.15) is 6.61 Å². The molecular weight excluding hydrogens is 422 g/mol. The van der Waals surface area contributed by atoms with E-state index in [1.165, 1.54) is 7.11 Å². The summed E-state index contributed by atoms with van der Waals surface area (Å²) in [7, 11) is 3.32. The van der Waals surface area contributed by atoms with Crippen molar-refractivity contribution < 1.29 is 19.1 Å². The molecule has 1 aromatic carbocycles. The molecule has 0 saturated carbocycles. The van der Waals surface area contributed by atoms with Crippen LogP contribution in [0.5, 0.6) is 0 Å². The maximum Gasteiger partial charge on any atom is 0.274 e. The van der Waals surface area contributed by atoms with E-state index in [4.69, 9.17) is 4.74 Å². The molecule has 2 aliphatic heterocycles. The fourth-order valence-corrected chi connectivity index (χ4v) is 4.67. The van der Waals surface area contributed by atoms with Gasteiger partial charge in [0.25, 0.3) is 5.91 Å². The monoisotopic (exact) mass is 453 g/mol. The minimum absolute atomic E-state index is 0.0165. The lowest BCUT2D eigenvalue weighted by atomic mass is 9.96. The van der Waals surface area contributed by atoms with Crippen molar-refractivity contribution in [3.05, 3.63) is 46.8 Å². The Morgan fingerprint density at radius 1 is 1.18 bits per heavy atom. The lowest BCUT2D eigenvalue weighted by Gasteiger charge is -2.32. The number of ether oxygens (including phenoxy) is 1. The third-order valence-corrected chi connectivity index (χ3v) is 6.55.